The summed E-state index contributed by atoms with van der Waals surface area (Å²) in [6.07, 6.45) is 4.53. The minimum absolute atomic E-state index is 1.10. The van der Waals surface area contributed by atoms with Crippen LogP contribution in [0.25, 0.3) is 0 Å². The van der Waals surface area contributed by atoms with Crippen molar-refractivity contribution >= 4 is 0 Å². The van der Waals surface area contributed by atoms with Crippen molar-refractivity contribution in [1.82, 2.24) is 5.32 Å². The zero-order chi connectivity index (χ0) is 7.11. The summed E-state index contributed by atoms with van der Waals surface area (Å²) in [6, 6.07) is 0. The molecule has 0 aromatic heterocycles. The summed E-state index contributed by atoms with van der Waals surface area (Å²) in [7, 11) is 0. The zero-order valence-corrected chi connectivity index (χ0v) is 6.70. The molecular weight excluding hydrogens is 110 g/mol. The Kier molecular flexibility index (Phi) is 5.38. The molecule has 0 atom stereocenters. The molecule has 1 N–H and O–H groups in total. The predicted octanol–water partition coefficient (Wildman–Crippen LogP) is 2.30. The number of nitrogens with one attached hydrogen (secondary N) is 1. The normalized spacial score (nSPS) is 11.7. The van der Waals surface area contributed by atoms with Crippen LogP contribution in [-0.2, 0) is 0 Å². The molecule has 0 radical (unpaired) electrons. The van der Waals surface area contributed by atoms with Gasteiger partial charge >= 0.3 is 0 Å². The Morgan fingerprint density at radius 3 is 2.56 bits per heavy atom. The number of rotatable bonds is 4. The predicted molar refractivity (Wildman–Crippen MR) is 42.3 cm³/mol. The van der Waals surface area contributed by atoms with Crippen molar-refractivity contribution in [3.63, 3.8) is 0 Å². The minimum Gasteiger partial charge on any atom is -0.389 e. The van der Waals surface area contributed by atoms with Gasteiger partial charge in [0.05, 0.1) is 0 Å². The van der Waals surface area contributed by atoms with Gasteiger partial charge in [0.2, 0.25) is 0 Å². The van der Waals surface area contributed by atoms with E-state index in [0.29, 0.717) is 0 Å². The zero-order valence-electron chi connectivity index (χ0n) is 6.70. The molecule has 54 valence electrons. The monoisotopic (exact) mass is 127 g/mol. The van der Waals surface area contributed by atoms with Crippen molar-refractivity contribution < 1.29 is 0 Å². The standard InChI is InChI=1S/C8H17N/c1-4-6-8(3)9-7-5-2/h6,9H,4-5,7H2,1-3H3/b8-6+. The molecule has 0 aromatic rings. The maximum atomic E-state index is 3.29. The summed E-state index contributed by atoms with van der Waals surface area (Å²) in [5.74, 6) is 0. The molecule has 0 aromatic carbocycles. The van der Waals surface area contributed by atoms with E-state index in [0.717, 1.165) is 13.0 Å². The van der Waals surface area contributed by atoms with Crippen LogP contribution in [0.2, 0.25) is 0 Å². The first-order chi connectivity index (χ1) is 4.31. The molecule has 0 rings (SSSR count). The van der Waals surface area contributed by atoms with Gasteiger partial charge in [0.1, 0.15) is 0 Å². The molecule has 0 aliphatic heterocycles. The Bertz CT molecular complexity index is 84.6. The van der Waals surface area contributed by atoms with Gasteiger partial charge in [-0.3, -0.25) is 0 Å². The summed E-state index contributed by atoms with van der Waals surface area (Å²) in [6.45, 7) is 7.53. The Morgan fingerprint density at radius 2 is 2.11 bits per heavy atom. The van der Waals surface area contributed by atoms with E-state index in [4.69, 9.17) is 0 Å². The molecule has 9 heavy (non-hydrogen) atoms. The molecule has 0 heterocycles. The fourth-order valence-electron chi connectivity index (χ4n) is 0.701. The first-order valence-electron chi connectivity index (χ1n) is 3.71. The highest BCUT2D eigenvalue weighted by atomic mass is 14.9. The van der Waals surface area contributed by atoms with Gasteiger partial charge in [0.25, 0.3) is 0 Å². The van der Waals surface area contributed by atoms with Crippen molar-refractivity contribution in [3.8, 4) is 0 Å². The van der Waals surface area contributed by atoms with Crippen molar-refractivity contribution in [2.45, 2.75) is 33.6 Å². The summed E-state index contributed by atoms with van der Waals surface area (Å²) >= 11 is 0. The van der Waals surface area contributed by atoms with E-state index in [-0.39, 0.29) is 0 Å². The van der Waals surface area contributed by atoms with Gasteiger partial charge in [-0.05, 0) is 19.8 Å². The van der Waals surface area contributed by atoms with Crippen molar-refractivity contribution in [2.24, 2.45) is 0 Å². The molecule has 0 unspecified atom stereocenters. The fourth-order valence-corrected chi connectivity index (χ4v) is 0.701. The molecule has 0 aliphatic carbocycles. The second kappa shape index (κ2) is 5.67. The first kappa shape index (κ1) is 8.54. The summed E-state index contributed by atoms with van der Waals surface area (Å²) in [5.41, 5.74) is 1.30. The van der Waals surface area contributed by atoms with Crippen molar-refractivity contribution in [1.29, 1.82) is 0 Å². The van der Waals surface area contributed by atoms with Crippen LogP contribution in [0.5, 0.6) is 0 Å². The molecular formula is C8H17N. The number of hydrogen-bond donors (Lipinski definition) is 1. The second-order valence-electron chi connectivity index (χ2n) is 2.22. The van der Waals surface area contributed by atoms with Gasteiger partial charge < -0.3 is 5.32 Å². The van der Waals surface area contributed by atoms with Crippen molar-refractivity contribution in [2.75, 3.05) is 6.54 Å². The second-order valence-corrected chi connectivity index (χ2v) is 2.22. The maximum absolute atomic E-state index is 3.29. The topological polar surface area (TPSA) is 12.0 Å². The van der Waals surface area contributed by atoms with Gasteiger partial charge in [-0.1, -0.05) is 19.9 Å². The third-order valence-corrected chi connectivity index (χ3v) is 1.16. The number of allylic oxidation sites excluding steroid dienone is 2. The van der Waals surface area contributed by atoms with E-state index in [1.807, 2.05) is 0 Å². The van der Waals surface area contributed by atoms with Gasteiger partial charge in [0.15, 0.2) is 0 Å². The molecule has 0 aliphatic rings. The Hall–Kier alpha value is -0.460. The molecule has 0 amide bonds. The summed E-state index contributed by atoms with van der Waals surface area (Å²) in [5, 5.41) is 3.29. The van der Waals surface area contributed by atoms with Gasteiger partial charge in [0, 0.05) is 12.2 Å². The molecule has 0 spiro atoms. The van der Waals surface area contributed by atoms with Crippen LogP contribution in [-0.4, -0.2) is 6.54 Å². The summed E-state index contributed by atoms with van der Waals surface area (Å²) < 4.78 is 0. The van der Waals surface area contributed by atoms with Crippen LogP contribution in [0, 0.1) is 0 Å². The molecule has 0 saturated carbocycles. The van der Waals surface area contributed by atoms with E-state index >= 15 is 0 Å². The van der Waals surface area contributed by atoms with Crippen LogP contribution in [0.1, 0.15) is 33.6 Å². The smallest absolute Gasteiger partial charge is 0.0141 e. The Labute approximate surface area is 58.2 Å². The molecule has 0 saturated heterocycles. The van der Waals surface area contributed by atoms with Crippen LogP contribution >= 0.6 is 0 Å². The lowest BCUT2D eigenvalue weighted by Gasteiger charge is -2.02. The average molecular weight is 127 g/mol. The van der Waals surface area contributed by atoms with Gasteiger partial charge in [-0.15, -0.1) is 0 Å². The fraction of sp³-hybridized carbons (Fsp3) is 0.750. The van der Waals surface area contributed by atoms with Gasteiger partial charge in [-0.2, -0.15) is 0 Å². The first-order valence-corrected chi connectivity index (χ1v) is 3.71. The highest BCUT2D eigenvalue weighted by Gasteiger charge is 1.81. The Balaban J connectivity index is 3.25. The molecule has 0 bridgehead atoms. The van der Waals surface area contributed by atoms with Crippen LogP contribution < -0.4 is 5.32 Å². The minimum atomic E-state index is 1.10. The quantitative estimate of drug-likeness (QED) is 0.611. The molecule has 1 nitrogen and oxygen atoms in total. The van der Waals surface area contributed by atoms with Crippen LogP contribution in [0.4, 0.5) is 0 Å². The third kappa shape index (κ3) is 5.41. The molecule has 1 heteroatoms. The lowest BCUT2D eigenvalue weighted by molar-refractivity contribution is 0.765. The van der Waals surface area contributed by atoms with E-state index in [1.165, 1.54) is 12.1 Å². The van der Waals surface area contributed by atoms with Crippen LogP contribution in [0.3, 0.4) is 0 Å². The highest BCUT2D eigenvalue weighted by molar-refractivity contribution is 4.93. The SMILES string of the molecule is CC/C=C(\C)NCCC. The maximum Gasteiger partial charge on any atom is 0.0141 e. The lowest BCUT2D eigenvalue weighted by atomic mass is 10.3. The average Bonchev–Trinajstić information content (AvgIpc) is 1.85. The van der Waals surface area contributed by atoms with E-state index in [2.05, 4.69) is 32.2 Å². The van der Waals surface area contributed by atoms with Crippen molar-refractivity contribution in [3.05, 3.63) is 11.8 Å². The third-order valence-electron chi connectivity index (χ3n) is 1.16. The highest BCUT2D eigenvalue weighted by Crippen LogP contribution is 1.88. The van der Waals surface area contributed by atoms with E-state index in [1.54, 1.807) is 0 Å². The Morgan fingerprint density at radius 1 is 1.44 bits per heavy atom. The molecule has 0 fully saturated rings. The summed E-state index contributed by atoms with van der Waals surface area (Å²) in [4.78, 5) is 0. The lowest BCUT2D eigenvalue weighted by Crippen LogP contribution is -2.11. The van der Waals surface area contributed by atoms with E-state index < -0.39 is 0 Å². The number of hydrogen-bond acceptors (Lipinski definition) is 1. The van der Waals surface area contributed by atoms with Gasteiger partial charge in [-0.25, -0.2) is 0 Å². The van der Waals surface area contributed by atoms with E-state index in [9.17, 15) is 0 Å². The van der Waals surface area contributed by atoms with Crippen LogP contribution in [0.15, 0.2) is 11.8 Å². The largest absolute Gasteiger partial charge is 0.389 e.